The van der Waals surface area contributed by atoms with E-state index in [1.807, 2.05) is 0 Å². The number of carbonyl (C=O) groups is 1. The highest BCUT2D eigenvalue weighted by Crippen LogP contribution is 2.24. The first-order valence-corrected chi connectivity index (χ1v) is 3.67. The van der Waals surface area contributed by atoms with Crippen molar-refractivity contribution in [2.24, 2.45) is 0 Å². The summed E-state index contributed by atoms with van der Waals surface area (Å²) in [6, 6.07) is 3.30. The van der Waals surface area contributed by atoms with Crippen LogP contribution in [0, 0.1) is 10.1 Å². The fourth-order valence-electron chi connectivity index (χ4n) is 0.905. The van der Waals surface area contributed by atoms with E-state index in [2.05, 4.69) is 0 Å². The van der Waals surface area contributed by atoms with Crippen LogP contribution in [0.3, 0.4) is 0 Å². The maximum Gasteiger partial charge on any atom is 0.265 e. The third-order valence-electron chi connectivity index (χ3n) is 1.57. The van der Waals surface area contributed by atoms with Gasteiger partial charge in [-0.1, -0.05) is 0 Å². The van der Waals surface area contributed by atoms with Gasteiger partial charge in [-0.3, -0.25) is 14.9 Å². The summed E-state index contributed by atoms with van der Waals surface area (Å²) in [5.74, 6) is -1.56. The van der Waals surface area contributed by atoms with Crippen molar-refractivity contribution in [1.82, 2.24) is 0 Å². The number of ketones is 1. The minimum atomic E-state index is -0.829. The Hall–Kier alpha value is -2.11. The second-order valence-corrected chi connectivity index (χ2v) is 2.62. The molecule has 0 aliphatic heterocycles. The Kier molecular flexibility index (Phi) is 2.66. The minimum Gasteiger partial charge on any atom is -0.504 e. The van der Waals surface area contributed by atoms with Crippen LogP contribution >= 0.6 is 0 Å². The first kappa shape index (κ1) is 9.97. The van der Waals surface area contributed by atoms with Crippen molar-refractivity contribution in [1.29, 1.82) is 0 Å². The SMILES string of the molecule is O=C(C[N+](=O)[O-])c1ccc(O)c(O)c1. The molecule has 0 saturated heterocycles. The topological polar surface area (TPSA) is 101 Å². The lowest BCUT2D eigenvalue weighted by Gasteiger charge is -1.99. The van der Waals surface area contributed by atoms with Crippen LogP contribution in [-0.2, 0) is 0 Å². The van der Waals surface area contributed by atoms with Gasteiger partial charge in [0.1, 0.15) is 0 Å². The van der Waals surface area contributed by atoms with E-state index in [-0.39, 0.29) is 11.3 Å². The van der Waals surface area contributed by atoms with Crippen molar-refractivity contribution in [2.75, 3.05) is 6.54 Å². The van der Waals surface area contributed by atoms with Crippen LogP contribution in [0.4, 0.5) is 0 Å². The van der Waals surface area contributed by atoms with Crippen molar-refractivity contribution >= 4 is 5.78 Å². The highest BCUT2D eigenvalue weighted by atomic mass is 16.6. The molecule has 0 heterocycles. The van der Waals surface area contributed by atoms with Crippen molar-refractivity contribution in [2.45, 2.75) is 0 Å². The van der Waals surface area contributed by atoms with Crippen LogP contribution in [0.15, 0.2) is 18.2 Å². The lowest BCUT2D eigenvalue weighted by atomic mass is 10.1. The van der Waals surface area contributed by atoms with Crippen LogP contribution in [0.1, 0.15) is 10.4 Å². The number of nitrogens with zero attached hydrogens (tertiary/aromatic N) is 1. The van der Waals surface area contributed by atoms with E-state index >= 15 is 0 Å². The number of rotatable bonds is 3. The summed E-state index contributed by atoms with van der Waals surface area (Å²) in [5.41, 5.74) is -0.00278. The zero-order chi connectivity index (χ0) is 10.7. The van der Waals surface area contributed by atoms with Gasteiger partial charge >= 0.3 is 0 Å². The van der Waals surface area contributed by atoms with Crippen LogP contribution in [0.5, 0.6) is 11.5 Å². The fourth-order valence-corrected chi connectivity index (χ4v) is 0.905. The van der Waals surface area contributed by atoms with Gasteiger partial charge in [0.2, 0.25) is 5.78 Å². The summed E-state index contributed by atoms with van der Waals surface area (Å²) in [4.78, 5) is 20.3. The molecule has 0 amide bonds. The third kappa shape index (κ3) is 2.19. The Morgan fingerprint density at radius 1 is 1.36 bits per heavy atom. The molecule has 0 aromatic heterocycles. The quantitative estimate of drug-likeness (QED) is 0.319. The number of aromatic hydroxyl groups is 2. The number of hydrogen-bond donors (Lipinski definition) is 2. The summed E-state index contributed by atoms with van der Waals surface area (Å²) < 4.78 is 0. The van der Waals surface area contributed by atoms with E-state index in [1.54, 1.807) is 0 Å². The minimum absolute atomic E-state index is 0.00278. The standard InChI is InChI=1S/C8H7NO5/c10-6-2-1-5(3-7(6)11)8(12)4-9(13)14/h1-3,10-11H,4H2. The number of carbonyl (C=O) groups excluding carboxylic acids is 1. The van der Waals surface area contributed by atoms with Crippen LogP contribution in [0.2, 0.25) is 0 Å². The molecule has 0 radical (unpaired) electrons. The normalized spacial score (nSPS) is 9.71. The van der Waals surface area contributed by atoms with Gasteiger partial charge in [0, 0.05) is 10.5 Å². The molecule has 6 heteroatoms. The molecule has 0 atom stereocenters. The van der Waals surface area contributed by atoms with E-state index in [4.69, 9.17) is 10.2 Å². The molecule has 1 aromatic carbocycles. The monoisotopic (exact) mass is 197 g/mol. The molecule has 6 nitrogen and oxygen atoms in total. The molecule has 0 unspecified atom stereocenters. The van der Waals surface area contributed by atoms with Gasteiger partial charge in [0.25, 0.3) is 6.54 Å². The predicted octanol–water partition coefficient (Wildman–Crippen LogP) is 0.557. The van der Waals surface area contributed by atoms with E-state index in [9.17, 15) is 14.9 Å². The van der Waals surface area contributed by atoms with Gasteiger partial charge in [-0.05, 0) is 18.2 Å². The predicted molar refractivity (Wildman–Crippen MR) is 46.0 cm³/mol. The molecule has 2 N–H and O–H groups in total. The molecule has 0 bridgehead atoms. The second kappa shape index (κ2) is 3.73. The van der Waals surface area contributed by atoms with Gasteiger partial charge in [-0.2, -0.15) is 0 Å². The van der Waals surface area contributed by atoms with Crippen LogP contribution < -0.4 is 0 Å². The molecule has 1 rings (SSSR count). The number of benzene rings is 1. The third-order valence-corrected chi connectivity index (χ3v) is 1.57. The van der Waals surface area contributed by atoms with Gasteiger partial charge in [0.05, 0.1) is 0 Å². The first-order chi connectivity index (χ1) is 6.50. The van der Waals surface area contributed by atoms with Crippen molar-refractivity contribution in [3.8, 4) is 11.5 Å². The number of Topliss-reactive ketones (excluding diaryl/α,β-unsaturated/α-hetero) is 1. The molecule has 0 fully saturated rings. The fraction of sp³-hybridized carbons (Fsp3) is 0.125. The number of phenols is 2. The van der Waals surface area contributed by atoms with Crippen molar-refractivity contribution in [3.05, 3.63) is 33.9 Å². The van der Waals surface area contributed by atoms with Gasteiger partial charge in [0.15, 0.2) is 11.5 Å². The average molecular weight is 197 g/mol. The lowest BCUT2D eigenvalue weighted by Crippen LogP contribution is -2.13. The molecular formula is C8H7NO5. The number of nitro groups is 1. The van der Waals surface area contributed by atoms with Crippen LogP contribution in [-0.4, -0.2) is 27.5 Å². The maximum atomic E-state index is 11.1. The molecule has 0 aliphatic rings. The number of hydrogen-bond acceptors (Lipinski definition) is 5. The Balaban J connectivity index is 2.91. The zero-order valence-electron chi connectivity index (χ0n) is 7.01. The summed E-state index contributed by atoms with van der Waals surface area (Å²) >= 11 is 0. The van der Waals surface area contributed by atoms with Crippen molar-refractivity contribution in [3.63, 3.8) is 0 Å². The highest BCUT2D eigenvalue weighted by molar-refractivity contribution is 5.97. The lowest BCUT2D eigenvalue weighted by molar-refractivity contribution is -0.465. The van der Waals surface area contributed by atoms with Gasteiger partial charge < -0.3 is 10.2 Å². The number of phenolic OH excluding ortho intramolecular Hbond substituents is 2. The molecule has 0 saturated carbocycles. The molecule has 14 heavy (non-hydrogen) atoms. The average Bonchev–Trinajstić information content (AvgIpc) is 2.08. The first-order valence-electron chi connectivity index (χ1n) is 3.67. The summed E-state index contributed by atoms with van der Waals surface area (Å²) in [6.45, 7) is -0.829. The summed E-state index contributed by atoms with van der Waals surface area (Å²) in [6.07, 6.45) is 0. The largest absolute Gasteiger partial charge is 0.504 e. The Labute approximate surface area is 78.6 Å². The Morgan fingerprint density at radius 2 is 2.00 bits per heavy atom. The maximum absolute atomic E-state index is 11.1. The summed E-state index contributed by atoms with van der Waals surface area (Å²) in [5, 5.41) is 27.9. The van der Waals surface area contributed by atoms with Gasteiger partial charge in [-0.15, -0.1) is 0 Å². The van der Waals surface area contributed by atoms with Crippen molar-refractivity contribution < 1.29 is 19.9 Å². The zero-order valence-corrected chi connectivity index (χ0v) is 7.01. The van der Waals surface area contributed by atoms with E-state index in [1.165, 1.54) is 6.07 Å². The molecule has 0 aliphatic carbocycles. The molecule has 74 valence electrons. The second-order valence-electron chi connectivity index (χ2n) is 2.62. The summed E-state index contributed by atoms with van der Waals surface area (Å²) in [7, 11) is 0. The van der Waals surface area contributed by atoms with Crippen LogP contribution in [0.25, 0.3) is 0 Å². The highest BCUT2D eigenvalue weighted by Gasteiger charge is 2.13. The van der Waals surface area contributed by atoms with E-state index in [0.29, 0.717) is 0 Å². The van der Waals surface area contributed by atoms with E-state index in [0.717, 1.165) is 12.1 Å². The molecular weight excluding hydrogens is 190 g/mol. The van der Waals surface area contributed by atoms with E-state index < -0.39 is 23.0 Å². The molecule has 1 aromatic rings. The van der Waals surface area contributed by atoms with Gasteiger partial charge in [-0.25, -0.2) is 0 Å². The Morgan fingerprint density at radius 3 is 2.50 bits per heavy atom. The molecule has 0 spiro atoms. The Bertz CT molecular complexity index is 387. The smallest absolute Gasteiger partial charge is 0.265 e.